The molecule has 2 atom stereocenters. The second-order valence-corrected chi connectivity index (χ2v) is 5.80. The third-order valence-corrected chi connectivity index (χ3v) is 3.95. The SMILES string of the molecule is CCN(C(=O)N1C[C@@H](N)[C@H](c2cn(C)cn2)C1)C(C)C. The van der Waals surface area contributed by atoms with Crippen molar-refractivity contribution in [2.75, 3.05) is 19.6 Å². The van der Waals surface area contributed by atoms with Crippen LogP contribution in [-0.2, 0) is 7.05 Å². The number of aromatic nitrogens is 2. The molecule has 2 rings (SSSR count). The van der Waals surface area contributed by atoms with Crippen molar-refractivity contribution in [3.8, 4) is 0 Å². The van der Waals surface area contributed by atoms with E-state index in [9.17, 15) is 4.79 Å². The third kappa shape index (κ3) is 2.80. The Morgan fingerprint density at radius 3 is 2.75 bits per heavy atom. The van der Waals surface area contributed by atoms with Crippen LogP contribution in [0, 0.1) is 0 Å². The maximum absolute atomic E-state index is 12.5. The molecule has 1 aromatic heterocycles. The first kappa shape index (κ1) is 14.8. The maximum Gasteiger partial charge on any atom is 0.320 e. The van der Waals surface area contributed by atoms with E-state index in [1.807, 2.05) is 48.4 Å². The number of hydrogen-bond donors (Lipinski definition) is 1. The van der Waals surface area contributed by atoms with E-state index in [2.05, 4.69) is 4.98 Å². The average Bonchev–Trinajstić information content (AvgIpc) is 2.95. The zero-order chi connectivity index (χ0) is 14.9. The Bertz CT molecular complexity index is 470. The zero-order valence-electron chi connectivity index (χ0n) is 12.8. The molecule has 0 radical (unpaired) electrons. The standard InChI is InChI=1S/C14H25N5O/c1-5-19(10(2)3)14(20)18-6-11(12(15)7-18)13-8-17(4)9-16-13/h8-12H,5-7,15H2,1-4H3/t11-,12-/m1/s1. The first-order chi connectivity index (χ1) is 9.43. The van der Waals surface area contributed by atoms with Crippen LogP contribution >= 0.6 is 0 Å². The monoisotopic (exact) mass is 279 g/mol. The summed E-state index contributed by atoms with van der Waals surface area (Å²) in [6.45, 7) is 8.05. The van der Waals surface area contributed by atoms with Crippen LogP contribution in [0.15, 0.2) is 12.5 Å². The molecule has 20 heavy (non-hydrogen) atoms. The zero-order valence-corrected chi connectivity index (χ0v) is 12.8. The van der Waals surface area contributed by atoms with E-state index in [-0.39, 0.29) is 24.0 Å². The van der Waals surface area contributed by atoms with Gasteiger partial charge in [-0.3, -0.25) is 0 Å². The van der Waals surface area contributed by atoms with Crippen molar-refractivity contribution in [1.29, 1.82) is 0 Å². The molecule has 0 aromatic carbocycles. The van der Waals surface area contributed by atoms with Crippen LogP contribution in [0.3, 0.4) is 0 Å². The van der Waals surface area contributed by atoms with Gasteiger partial charge in [0.2, 0.25) is 0 Å². The molecule has 1 fully saturated rings. The van der Waals surface area contributed by atoms with Crippen molar-refractivity contribution < 1.29 is 4.79 Å². The quantitative estimate of drug-likeness (QED) is 0.897. The van der Waals surface area contributed by atoms with Gasteiger partial charge in [0.1, 0.15) is 0 Å². The smallest absolute Gasteiger partial charge is 0.320 e. The Morgan fingerprint density at radius 2 is 2.25 bits per heavy atom. The van der Waals surface area contributed by atoms with Gasteiger partial charge in [-0.15, -0.1) is 0 Å². The molecule has 2 amide bonds. The fraction of sp³-hybridized carbons (Fsp3) is 0.714. The van der Waals surface area contributed by atoms with Crippen molar-refractivity contribution in [2.24, 2.45) is 12.8 Å². The fourth-order valence-corrected chi connectivity index (χ4v) is 2.83. The molecule has 112 valence electrons. The summed E-state index contributed by atoms with van der Waals surface area (Å²) in [7, 11) is 1.94. The minimum atomic E-state index is -0.0419. The van der Waals surface area contributed by atoms with E-state index in [0.717, 1.165) is 12.2 Å². The van der Waals surface area contributed by atoms with E-state index in [0.29, 0.717) is 13.1 Å². The number of hydrogen-bond acceptors (Lipinski definition) is 3. The summed E-state index contributed by atoms with van der Waals surface area (Å²) in [6.07, 6.45) is 3.76. The van der Waals surface area contributed by atoms with Crippen LogP contribution < -0.4 is 5.73 Å². The summed E-state index contributed by atoms with van der Waals surface area (Å²) < 4.78 is 1.92. The minimum absolute atomic E-state index is 0.0419. The van der Waals surface area contributed by atoms with Crippen molar-refractivity contribution in [1.82, 2.24) is 19.4 Å². The Kier molecular flexibility index (Phi) is 4.32. The molecule has 0 aliphatic carbocycles. The number of carbonyl (C=O) groups excluding carboxylic acids is 1. The Hall–Kier alpha value is -1.56. The molecule has 6 heteroatoms. The summed E-state index contributed by atoms with van der Waals surface area (Å²) in [5.41, 5.74) is 7.18. The highest BCUT2D eigenvalue weighted by Crippen LogP contribution is 2.26. The van der Waals surface area contributed by atoms with Gasteiger partial charge < -0.3 is 20.1 Å². The summed E-state index contributed by atoms with van der Waals surface area (Å²) >= 11 is 0. The van der Waals surface area contributed by atoms with Crippen molar-refractivity contribution in [2.45, 2.75) is 38.8 Å². The van der Waals surface area contributed by atoms with Gasteiger partial charge in [0.25, 0.3) is 0 Å². The minimum Gasteiger partial charge on any atom is -0.340 e. The number of nitrogens with zero attached hydrogens (tertiary/aromatic N) is 4. The van der Waals surface area contributed by atoms with E-state index >= 15 is 0 Å². The molecule has 2 heterocycles. The Balaban J connectivity index is 2.08. The lowest BCUT2D eigenvalue weighted by Gasteiger charge is -2.30. The number of imidazole rings is 1. The molecule has 0 spiro atoms. The van der Waals surface area contributed by atoms with Crippen LogP contribution in [0.1, 0.15) is 32.4 Å². The molecular formula is C14H25N5O. The Morgan fingerprint density at radius 1 is 1.55 bits per heavy atom. The molecule has 1 aliphatic heterocycles. The first-order valence-electron chi connectivity index (χ1n) is 7.23. The maximum atomic E-state index is 12.5. The lowest BCUT2D eigenvalue weighted by Crippen LogP contribution is -2.46. The van der Waals surface area contributed by atoms with Gasteiger partial charge in [0.05, 0.1) is 12.0 Å². The molecule has 1 aliphatic rings. The summed E-state index contributed by atoms with van der Waals surface area (Å²) in [5.74, 6) is 0.131. The van der Waals surface area contributed by atoms with Gasteiger partial charge in [-0.2, -0.15) is 0 Å². The molecule has 0 bridgehead atoms. The molecule has 0 unspecified atom stereocenters. The molecule has 6 nitrogen and oxygen atoms in total. The number of amides is 2. The highest BCUT2D eigenvalue weighted by Gasteiger charge is 2.36. The topological polar surface area (TPSA) is 67.4 Å². The second kappa shape index (κ2) is 5.83. The predicted octanol–water partition coefficient (Wildman–Crippen LogP) is 0.997. The van der Waals surface area contributed by atoms with Crippen LogP contribution in [0.25, 0.3) is 0 Å². The fourth-order valence-electron chi connectivity index (χ4n) is 2.83. The van der Waals surface area contributed by atoms with Crippen molar-refractivity contribution in [3.05, 3.63) is 18.2 Å². The van der Waals surface area contributed by atoms with Gasteiger partial charge in [-0.05, 0) is 20.8 Å². The van der Waals surface area contributed by atoms with Crippen LogP contribution in [0.2, 0.25) is 0 Å². The van der Waals surface area contributed by atoms with E-state index in [1.165, 1.54) is 0 Å². The summed E-state index contributed by atoms with van der Waals surface area (Å²) in [4.78, 5) is 20.6. The third-order valence-electron chi connectivity index (χ3n) is 3.95. The van der Waals surface area contributed by atoms with Gasteiger partial charge in [-0.25, -0.2) is 9.78 Å². The average molecular weight is 279 g/mol. The highest BCUT2D eigenvalue weighted by atomic mass is 16.2. The Labute approximate surface area is 120 Å². The van der Waals surface area contributed by atoms with Gasteiger partial charge >= 0.3 is 6.03 Å². The van der Waals surface area contributed by atoms with Crippen LogP contribution in [0.4, 0.5) is 4.79 Å². The molecule has 0 saturated carbocycles. The first-order valence-corrected chi connectivity index (χ1v) is 7.23. The normalized spacial score (nSPS) is 22.6. The lowest BCUT2D eigenvalue weighted by molar-refractivity contribution is 0.151. The van der Waals surface area contributed by atoms with E-state index in [1.54, 1.807) is 6.33 Å². The largest absolute Gasteiger partial charge is 0.340 e. The second-order valence-electron chi connectivity index (χ2n) is 5.80. The molecule has 2 N–H and O–H groups in total. The van der Waals surface area contributed by atoms with E-state index < -0.39 is 0 Å². The van der Waals surface area contributed by atoms with Crippen LogP contribution in [0.5, 0.6) is 0 Å². The number of urea groups is 1. The van der Waals surface area contributed by atoms with Crippen LogP contribution in [-0.4, -0.2) is 57.1 Å². The van der Waals surface area contributed by atoms with Crippen molar-refractivity contribution >= 4 is 6.03 Å². The summed E-state index contributed by atoms with van der Waals surface area (Å²) in [5, 5.41) is 0. The van der Waals surface area contributed by atoms with Gasteiger partial charge in [-0.1, -0.05) is 0 Å². The van der Waals surface area contributed by atoms with Crippen molar-refractivity contribution in [3.63, 3.8) is 0 Å². The van der Waals surface area contributed by atoms with Gasteiger partial charge in [0.15, 0.2) is 0 Å². The molecule has 1 saturated heterocycles. The number of aryl methyl sites for hydroxylation is 1. The number of likely N-dealkylation sites (tertiary alicyclic amines) is 1. The lowest BCUT2D eigenvalue weighted by atomic mass is 10.0. The van der Waals surface area contributed by atoms with Gasteiger partial charge in [0, 0.05) is 50.9 Å². The molecular weight excluding hydrogens is 254 g/mol. The number of rotatable bonds is 3. The highest BCUT2D eigenvalue weighted by molar-refractivity contribution is 5.75. The molecule has 1 aromatic rings. The van der Waals surface area contributed by atoms with E-state index in [4.69, 9.17) is 5.73 Å². The predicted molar refractivity (Wildman–Crippen MR) is 78.4 cm³/mol. The number of carbonyl (C=O) groups is 1. The summed E-state index contributed by atoms with van der Waals surface area (Å²) in [6, 6.07) is 0.244. The number of nitrogens with two attached hydrogens (primary N) is 1.